The molecule has 0 fully saturated rings. The summed E-state index contributed by atoms with van der Waals surface area (Å²) in [4.78, 5) is 12.0. The second-order valence-electron chi connectivity index (χ2n) is 5.06. The molecule has 1 aromatic heterocycles. The fourth-order valence-corrected chi connectivity index (χ4v) is 2.02. The minimum Gasteiger partial charge on any atom is -0.349 e. The second-order valence-corrected chi connectivity index (χ2v) is 5.06. The molecule has 0 unspecified atom stereocenters. The Morgan fingerprint density at radius 1 is 1.43 bits per heavy atom. The molecule has 2 rings (SSSR count). The predicted octanol–water partition coefficient (Wildman–Crippen LogP) is 1.30. The van der Waals surface area contributed by atoms with E-state index >= 15 is 0 Å². The molecule has 21 heavy (non-hydrogen) atoms. The van der Waals surface area contributed by atoms with Crippen molar-refractivity contribution in [2.24, 2.45) is 0 Å². The minimum atomic E-state index is -0.210. The molecule has 0 saturated heterocycles. The van der Waals surface area contributed by atoms with Gasteiger partial charge in [-0.05, 0) is 38.1 Å². The number of amides is 1. The number of nitrogens with one attached hydrogen (secondary N) is 2. The highest BCUT2D eigenvalue weighted by atomic mass is 16.2. The van der Waals surface area contributed by atoms with Crippen LogP contribution in [-0.4, -0.2) is 40.0 Å². The van der Waals surface area contributed by atoms with Gasteiger partial charge in [0.1, 0.15) is 0 Å². The van der Waals surface area contributed by atoms with Crippen molar-refractivity contribution in [1.82, 2.24) is 25.6 Å². The van der Waals surface area contributed by atoms with Crippen LogP contribution in [-0.2, 0) is 0 Å². The molecule has 0 aliphatic carbocycles. The number of likely N-dealkylation sites (N-methyl/N-ethyl adjacent to an activating group) is 1. The van der Waals surface area contributed by atoms with Crippen LogP contribution in [0.15, 0.2) is 30.5 Å². The maximum Gasteiger partial charge on any atom is 0.273 e. The summed E-state index contributed by atoms with van der Waals surface area (Å²) in [6.45, 7) is 7.50. The maximum atomic E-state index is 12.0. The summed E-state index contributed by atoms with van der Waals surface area (Å²) in [5.41, 5.74) is 2.34. The Labute approximate surface area is 124 Å². The van der Waals surface area contributed by atoms with Crippen LogP contribution in [0.1, 0.15) is 29.9 Å². The fourth-order valence-electron chi connectivity index (χ4n) is 2.02. The van der Waals surface area contributed by atoms with Gasteiger partial charge in [0.2, 0.25) is 0 Å². The van der Waals surface area contributed by atoms with E-state index in [2.05, 4.69) is 20.9 Å². The van der Waals surface area contributed by atoms with Crippen molar-refractivity contribution >= 4 is 5.91 Å². The number of aryl methyl sites for hydroxylation is 1. The largest absolute Gasteiger partial charge is 0.349 e. The predicted molar refractivity (Wildman–Crippen MR) is 81.6 cm³/mol. The lowest BCUT2D eigenvalue weighted by molar-refractivity contribution is 0.0945. The molecule has 0 bridgehead atoms. The van der Waals surface area contributed by atoms with Crippen LogP contribution in [0.3, 0.4) is 0 Å². The van der Waals surface area contributed by atoms with E-state index in [0.29, 0.717) is 12.2 Å². The zero-order valence-electron chi connectivity index (χ0n) is 12.6. The lowest BCUT2D eigenvalue weighted by Crippen LogP contribution is -2.38. The number of rotatable bonds is 6. The third-order valence-electron chi connectivity index (χ3n) is 3.11. The number of hydrogen-bond donors (Lipinski definition) is 2. The molecular weight excluding hydrogens is 266 g/mol. The maximum absolute atomic E-state index is 12.0. The van der Waals surface area contributed by atoms with Gasteiger partial charge < -0.3 is 10.6 Å². The number of nitrogens with zero attached hydrogens (tertiary/aromatic N) is 3. The summed E-state index contributed by atoms with van der Waals surface area (Å²) >= 11 is 0. The molecular formula is C15H21N5O. The Kier molecular flexibility index (Phi) is 5.05. The van der Waals surface area contributed by atoms with Crippen molar-refractivity contribution in [3.8, 4) is 5.69 Å². The van der Waals surface area contributed by atoms with Crippen molar-refractivity contribution in [3.05, 3.63) is 41.7 Å². The molecule has 6 nitrogen and oxygen atoms in total. The molecule has 0 aliphatic rings. The monoisotopic (exact) mass is 287 g/mol. The minimum absolute atomic E-state index is 0.210. The number of carbonyl (C=O) groups is 1. The van der Waals surface area contributed by atoms with Gasteiger partial charge in [0.05, 0.1) is 11.9 Å². The lowest BCUT2D eigenvalue weighted by Gasteiger charge is -2.12. The van der Waals surface area contributed by atoms with Gasteiger partial charge in [-0.15, -0.1) is 5.10 Å². The van der Waals surface area contributed by atoms with Crippen LogP contribution in [0.25, 0.3) is 5.69 Å². The fraction of sp³-hybridized carbons (Fsp3) is 0.400. The van der Waals surface area contributed by atoms with Crippen molar-refractivity contribution in [3.63, 3.8) is 0 Å². The van der Waals surface area contributed by atoms with Crippen molar-refractivity contribution in [2.45, 2.75) is 26.8 Å². The first-order valence-electron chi connectivity index (χ1n) is 7.11. The Bertz CT molecular complexity index is 608. The van der Waals surface area contributed by atoms with E-state index in [1.165, 1.54) is 0 Å². The highest BCUT2D eigenvalue weighted by Gasteiger charge is 2.12. The molecule has 0 radical (unpaired) electrons. The Balaban J connectivity index is 2.01. The van der Waals surface area contributed by atoms with Crippen LogP contribution in [0.5, 0.6) is 0 Å². The molecule has 1 atom stereocenters. The number of hydrogen-bond acceptors (Lipinski definition) is 4. The highest BCUT2D eigenvalue weighted by molar-refractivity contribution is 5.91. The number of benzene rings is 1. The second kappa shape index (κ2) is 6.99. The summed E-state index contributed by atoms with van der Waals surface area (Å²) in [5.74, 6) is -0.210. The van der Waals surface area contributed by atoms with Gasteiger partial charge in [0.25, 0.3) is 5.91 Å². The van der Waals surface area contributed by atoms with Crippen LogP contribution in [0.4, 0.5) is 0 Å². The molecule has 6 heteroatoms. The van der Waals surface area contributed by atoms with E-state index < -0.39 is 0 Å². The van der Waals surface area contributed by atoms with E-state index in [0.717, 1.165) is 17.8 Å². The SMILES string of the molecule is CCN[C@H](C)CNC(=O)c1cn(-c2cccc(C)c2)nn1. The average molecular weight is 287 g/mol. The molecule has 0 aliphatic heterocycles. The zero-order valence-corrected chi connectivity index (χ0v) is 12.6. The standard InChI is InChI=1S/C15H21N5O/c1-4-16-12(3)9-17-15(21)14-10-20(19-18-14)13-7-5-6-11(2)8-13/h5-8,10,12,16H,4,9H2,1-3H3,(H,17,21)/t12-/m1/s1. The van der Waals surface area contributed by atoms with Gasteiger partial charge in [-0.1, -0.05) is 24.3 Å². The molecule has 112 valence electrons. The van der Waals surface area contributed by atoms with Gasteiger partial charge in [-0.25, -0.2) is 4.68 Å². The Hall–Kier alpha value is -2.21. The molecule has 1 heterocycles. The van der Waals surface area contributed by atoms with Gasteiger partial charge in [0.15, 0.2) is 5.69 Å². The lowest BCUT2D eigenvalue weighted by atomic mass is 10.2. The first-order valence-corrected chi connectivity index (χ1v) is 7.11. The van der Waals surface area contributed by atoms with Crippen LogP contribution in [0, 0.1) is 6.92 Å². The average Bonchev–Trinajstić information content (AvgIpc) is 2.95. The summed E-state index contributed by atoms with van der Waals surface area (Å²) in [6.07, 6.45) is 1.64. The third kappa shape index (κ3) is 4.13. The van der Waals surface area contributed by atoms with E-state index in [1.54, 1.807) is 10.9 Å². The van der Waals surface area contributed by atoms with E-state index in [1.807, 2.05) is 45.0 Å². The van der Waals surface area contributed by atoms with Crippen molar-refractivity contribution in [2.75, 3.05) is 13.1 Å². The van der Waals surface area contributed by atoms with Crippen molar-refractivity contribution < 1.29 is 4.79 Å². The topological polar surface area (TPSA) is 71.8 Å². The Morgan fingerprint density at radius 3 is 2.95 bits per heavy atom. The molecule has 1 aromatic carbocycles. The molecule has 0 spiro atoms. The van der Waals surface area contributed by atoms with E-state index in [9.17, 15) is 4.79 Å². The normalized spacial score (nSPS) is 12.1. The van der Waals surface area contributed by atoms with Gasteiger partial charge >= 0.3 is 0 Å². The van der Waals surface area contributed by atoms with Gasteiger partial charge in [0, 0.05) is 12.6 Å². The summed E-state index contributed by atoms with van der Waals surface area (Å²) in [5, 5.41) is 14.0. The van der Waals surface area contributed by atoms with Crippen molar-refractivity contribution in [1.29, 1.82) is 0 Å². The first-order chi connectivity index (χ1) is 10.1. The first kappa shape index (κ1) is 15.2. The van der Waals surface area contributed by atoms with Crippen LogP contribution >= 0.6 is 0 Å². The van der Waals surface area contributed by atoms with Crippen LogP contribution < -0.4 is 10.6 Å². The van der Waals surface area contributed by atoms with Crippen LogP contribution in [0.2, 0.25) is 0 Å². The molecule has 1 amide bonds. The molecule has 2 aromatic rings. The molecule has 0 saturated carbocycles. The summed E-state index contributed by atoms with van der Waals surface area (Å²) < 4.78 is 1.61. The Morgan fingerprint density at radius 2 is 2.24 bits per heavy atom. The third-order valence-corrected chi connectivity index (χ3v) is 3.11. The smallest absolute Gasteiger partial charge is 0.273 e. The summed E-state index contributed by atoms with van der Waals surface area (Å²) in [7, 11) is 0. The van der Waals surface area contributed by atoms with E-state index in [4.69, 9.17) is 0 Å². The summed E-state index contributed by atoms with van der Waals surface area (Å²) in [6, 6.07) is 8.10. The van der Waals surface area contributed by atoms with E-state index in [-0.39, 0.29) is 11.9 Å². The number of aromatic nitrogens is 3. The van der Waals surface area contributed by atoms with Gasteiger partial charge in [-0.2, -0.15) is 0 Å². The number of carbonyl (C=O) groups excluding carboxylic acids is 1. The highest BCUT2D eigenvalue weighted by Crippen LogP contribution is 2.09. The molecule has 2 N–H and O–H groups in total. The zero-order chi connectivity index (χ0) is 15.2. The quantitative estimate of drug-likeness (QED) is 0.840. The van der Waals surface area contributed by atoms with Gasteiger partial charge in [-0.3, -0.25) is 4.79 Å².